The maximum absolute atomic E-state index is 12.0. The molecule has 7 nitrogen and oxygen atoms in total. The Bertz CT molecular complexity index is 1090. The van der Waals surface area contributed by atoms with Crippen LogP contribution in [-0.4, -0.2) is 32.1 Å². The summed E-state index contributed by atoms with van der Waals surface area (Å²) in [5.74, 6) is -0.495. The van der Waals surface area contributed by atoms with Crippen LogP contribution in [0.3, 0.4) is 0 Å². The Morgan fingerprint density at radius 3 is 2.54 bits per heavy atom. The smallest absolute Gasteiger partial charge is 0.374 e. The molecule has 8 heteroatoms. The number of esters is 1. The van der Waals surface area contributed by atoms with E-state index in [1.807, 2.05) is 30.3 Å². The summed E-state index contributed by atoms with van der Waals surface area (Å²) in [7, 11) is -4.48. The van der Waals surface area contributed by atoms with Gasteiger partial charge >= 0.3 is 16.3 Å². The number of carbonyl (C=O) groups is 1. The summed E-state index contributed by atoms with van der Waals surface area (Å²) in [6.45, 7) is 3.68. The van der Waals surface area contributed by atoms with Crippen molar-refractivity contribution < 1.29 is 26.9 Å². The number of ether oxygens (including phenoxy) is 1. The largest absolute Gasteiger partial charge is 0.460 e. The van der Waals surface area contributed by atoms with Gasteiger partial charge in [-0.3, -0.25) is 4.55 Å². The molecule has 0 bridgehead atoms. The van der Waals surface area contributed by atoms with Gasteiger partial charge in [-0.15, -0.1) is 0 Å². The predicted octanol–water partition coefficient (Wildman–Crippen LogP) is 3.77. The minimum atomic E-state index is -4.48. The second kappa shape index (κ2) is 8.04. The standard InChI is InChI=1S/C20H21NO6S/c1-3-26-20(22)19-14(2)17-13-16(9-10-18(17)27-19)21(28(23,24)25)12-11-15-7-5-4-6-8-15/h4-10,13H,3,11-12H2,1-2H3,(H,23,24,25). The van der Waals surface area contributed by atoms with Gasteiger partial charge in [-0.05, 0) is 44.0 Å². The molecule has 0 aliphatic heterocycles. The van der Waals surface area contributed by atoms with Crippen molar-refractivity contribution in [3.8, 4) is 0 Å². The highest BCUT2D eigenvalue weighted by Crippen LogP contribution is 2.30. The molecule has 0 aliphatic carbocycles. The molecule has 1 heterocycles. The normalized spacial score (nSPS) is 11.5. The number of rotatable bonds is 7. The minimum absolute atomic E-state index is 0.0655. The summed E-state index contributed by atoms with van der Waals surface area (Å²) in [6, 6.07) is 14.1. The highest BCUT2D eigenvalue weighted by atomic mass is 32.2. The van der Waals surface area contributed by atoms with Crippen LogP contribution >= 0.6 is 0 Å². The van der Waals surface area contributed by atoms with E-state index in [0.717, 1.165) is 9.87 Å². The summed E-state index contributed by atoms with van der Waals surface area (Å²) in [6.07, 6.45) is 0.428. The third kappa shape index (κ3) is 4.18. The average Bonchev–Trinajstić information content (AvgIpc) is 2.98. The molecule has 148 valence electrons. The number of aryl methyl sites for hydroxylation is 1. The van der Waals surface area contributed by atoms with Crippen molar-refractivity contribution in [3.63, 3.8) is 0 Å². The van der Waals surface area contributed by atoms with Gasteiger partial charge in [0, 0.05) is 17.5 Å². The van der Waals surface area contributed by atoms with Crippen LogP contribution in [0.4, 0.5) is 5.69 Å². The second-order valence-electron chi connectivity index (χ2n) is 6.24. The van der Waals surface area contributed by atoms with E-state index in [0.29, 0.717) is 23.0 Å². The topological polar surface area (TPSA) is 97.0 Å². The van der Waals surface area contributed by atoms with Gasteiger partial charge in [-0.1, -0.05) is 30.3 Å². The number of benzene rings is 2. The third-order valence-corrected chi connectivity index (χ3v) is 5.34. The zero-order valence-electron chi connectivity index (χ0n) is 15.6. The highest BCUT2D eigenvalue weighted by molar-refractivity contribution is 7.87. The van der Waals surface area contributed by atoms with Crippen LogP contribution in [0.5, 0.6) is 0 Å². The van der Waals surface area contributed by atoms with E-state index in [9.17, 15) is 17.8 Å². The second-order valence-corrected chi connectivity index (χ2v) is 7.58. The summed E-state index contributed by atoms with van der Waals surface area (Å²) < 4.78 is 45.1. The lowest BCUT2D eigenvalue weighted by Gasteiger charge is -2.21. The average molecular weight is 403 g/mol. The van der Waals surface area contributed by atoms with Crippen molar-refractivity contribution >= 4 is 32.9 Å². The number of hydrogen-bond donors (Lipinski definition) is 1. The van der Waals surface area contributed by atoms with Crippen LogP contribution in [0.2, 0.25) is 0 Å². The van der Waals surface area contributed by atoms with E-state index in [1.54, 1.807) is 26.0 Å². The number of fused-ring (bicyclic) bond motifs is 1. The number of furan rings is 1. The van der Waals surface area contributed by atoms with E-state index in [4.69, 9.17) is 9.15 Å². The molecule has 2 aromatic carbocycles. The Kier molecular flexibility index (Phi) is 5.71. The van der Waals surface area contributed by atoms with Gasteiger partial charge in [0.1, 0.15) is 5.58 Å². The Morgan fingerprint density at radius 2 is 1.89 bits per heavy atom. The minimum Gasteiger partial charge on any atom is -0.460 e. The molecule has 3 aromatic rings. The molecule has 0 atom stereocenters. The maximum atomic E-state index is 12.0. The van der Waals surface area contributed by atoms with Gasteiger partial charge in [0.25, 0.3) is 0 Å². The van der Waals surface area contributed by atoms with Gasteiger partial charge in [-0.2, -0.15) is 8.42 Å². The summed E-state index contributed by atoms with van der Waals surface area (Å²) in [5.41, 5.74) is 2.21. The zero-order chi connectivity index (χ0) is 20.3. The van der Waals surface area contributed by atoms with E-state index in [2.05, 4.69) is 0 Å². The van der Waals surface area contributed by atoms with E-state index in [-0.39, 0.29) is 24.6 Å². The lowest BCUT2D eigenvalue weighted by Crippen LogP contribution is -2.32. The van der Waals surface area contributed by atoms with Crippen molar-refractivity contribution in [2.45, 2.75) is 20.3 Å². The SMILES string of the molecule is CCOC(=O)c1oc2ccc(N(CCc3ccccc3)S(=O)(=O)O)cc2c1C. The van der Waals surface area contributed by atoms with E-state index < -0.39 is 16.3 Å². The number of hydrogen-bond acceptors (Lipinski definition) is 5. The van der Waals surface area contributed by atoms with Crippen LogP contribution in [0.15, 0.2) is 52.9 Å². The first-order valence-electron chi connectivity index (χ1n) is 8.80. The van der Waals surface area contributed by atoms with Crippen molar-refractivity contribution in [2.24, 2.45) is 0 Å². The van der Waals surface area contributed by atoms with Crippen LogP contribution < -0.4 is 4.31 Å². The quantitative estimate of drug-likeness (QED) is 0.476. The molecule has 0 radical (unpaired) electrons. The summed E-state index contributed by atoms with van der Waals surface area (Å²) >= 11 is 0. The van der Waals surface area contributed by atoms with E-state index >= 15 is 0 Å². The van der Waals surface area contributed by atoms with Crippen molar-refractivity contribution in [1.29, 1.82) is 0 Å². The Balaban J connectivity index is 1.96. The zero-order valence-corrected chi connectivity index (χ0v) is 16.4. The fraction of sp³-hybridized carbons (Fsp3) is 0.250. The summed E-state index contributed by atoms with van der Waals surface area (Å²) in [4.78, 5) is 12.0. The van der Waals surface area contributed by atoms with E-state index in [1.165, 1.54) is 6.07 Å². The molecule has 0 fully saturated rings. The molecule has 3 rings (SSSR count). The molecule has 0 unspecified atom stereocenters. The first kappa shape index (κ1) is 19.9. The van der Waals surface area contributed by atoms with Crippen molar-refractivity contribution in [3.05, 3.63) is 65.4 Å². The van der Waals surface area contributed by atoms with Crippen molar-refractivity contribution in [2.75, 3.05) is 17.5 Å². The molecule has 0 saturated carbocycles. The predicted molar refractivity (Wildman–Crippen MR) is 106 cm³/mol. The molecule has 28 heavy (non-hydrogen) atoms. The molecule has 0 saturated heterocycles. The highest BCUT2D eigenvalue weighted by Gasteiger charge is 2.23. The van der Waals surface area contributed by atoms with Gasteiger partial charge in [0.15, 0.2) is 0 Å². The van der Waals surface area contributed by atoms with Crippen LogP contribution in [0, 0.1) is 6.92 Å². The van der Waals surface area contributed by atoms with Gasteiger partial charge in [-0.25, -0.2) is 9.10 Å². The Morgan fingerprint density at radius 1 is 1.18 bits per heavy atom. The fourth-order valence-corrected chi connectivity index (χ4v) is 3.71. The monoisotopic (exact) mass is 403 g/mol. The van der Waals surface area contributed by atoms with Crippen LogP contribution in [0.1, 0.15) is 28.6 Å². The molecular weight excluding hydrogens is 382 g/mol. The molecule has 0 amide bonds. The number of carbonyl (C=O) groups excluding carboxylic acids is 1. The molecule has 1 N–H and O–H groups in total. The first-order valence-corrected chi connectivity index (χ1v) is 10.2. The van der Waals surface area contributed by atoms with Crippen LogP contribution in [0.25, 0.3) is 11.0 Å². The maximum Gasteiger partial charge on any atom is 0.374 e. The lowest BCUT2D eigenvalue weighted by molar-refractivity contribution is 0.0491. The van der Waals surface area contributed by atoms with Gasteiger partial charge in [0.2, 0.25) is 5.76 Å². The van der Waals surface area contributed by atoms with Crippen molar-refractivity contribution in [1.82, 2.24) is 0 Å². The van der Waals surface area contributed by atoms with Gasteiger partial charge in [0.05, 0.1) is 12.3 Å². The Labute approximate surface area is 163 Å². The number of anilines is 1. The molecular formula is C20H21NO6S. The summed E-state index contributed by atoms with van der Waals surface area (Å²) in [5, 5.41) is 0.578. The third-order valence-electron chi connectivity index (χ3n) is 4.39. The lowest BCUT2D eigenvalue weighted by atomic mass is 10.1. The Hall–Kier alpha value is -2.84. The molecule has 1 aromatic heterocycles. The first-order chi connectivity index (χ1) is 13.3. The fourth-order valence-electron chi connectivity index (χ4n) is 3.01. The molecule has 0 aliphatic rings. The van der Waals surface area contributed by atoms with Crippen LogP contribution in [-0.2, 0) is 21.5 Å². The van der Waals surface area contributed by atoms with Gasteiger partial charge < -0.3 is 9.15 Å². The number of nitrogens with zero attached hydrogens (tertiary/aromatic N) is 1. The molecule has 0 spiro atoms.